The number of amidine groups is 1. The Morgan fingerprint density at radius 1 is 1.38 bits per heavy atom. The van der Waals surface area contributed by atoms with E-state index in [1.54, 1.807) is 6.07 Å². The summed E-state index contributed by atoms with van der Waals surface area (Å²) in [4.78, 5) is 37.2. The molecule has 0 radical (unpaired) electrons. The fourth-order valence-corrected chi connectivity index (χ4v) is 3.34. The first-order chi connectivity index (χ1) is 12.2. The van der Waals surface area contributed by atoms with Crippen molar-refractivity contribution in [2.24, 2.45) is 10.7 Å². The Morgan fingerprint density at radius 3 is 2.73 bits per heavy atom. The quantitative estimate of drug-likeness (QED) is 0.364. The van der Waals surface area contributed by atoms with Crippen LogP contribution in [-0.4, -0.2) is 69.3 Å². The molecule has 12 nitrogen and oxygen atoms in total. The number of fused-ring (bicyclic) bond motifs is 2. The third-order valence-electron chi connectivity index (χ3n) is 4.02. The molecular weight excluding hydrogens is 368 g/mol. The molecule has 0 aromatic carbocycles. The molecule has 3 N–H and O–H groups in total. The number of hydrogen-bond acceptors (Lipinski definition) is 7. The molecular formula is C13H16N6O6S. The Bertz CT molecular complexity index is 844. The highest BCUT2D eigenvalue weighted by Crippen LogP contribution is 2.30. The maximum absolute atomic E-state index is 12.3. The third-order valence-corrected chi connectivity index (χ3v) is 4.37. The van der Waals surface area contributed by atoms with Gasteiger partial charge in [-0.1, -0.05) is 0 Å². The summed E-state index contributed by atoms with van der Waals surface area (Å²) in [6, 6.07) is -0.368. The average molecular weight is 384 g/mol. The van der Waals surface area contributed by atoms with E-state index >= 15 is 0 Å². The van der Waals surface area contributed by atoms with Gasteiger partial charge in [-0.2, -0.15) is 18.5 Å². The molecule has 0 saturated carbocycles. The van der Waals surface area contributed by atoms with Crippen LogP contribution in [0.1, 0.15) is 18.7 Å². The van der Waals surface area contributed by atoms with Gasteiger partial charge in [0.05, 0.1) is 18.5 Å². The van der Waals surface area contributed by atoms with E-state index in [0.717, 1.165) is 0 Å². The summed E-state index contributed by atoms with van der Waals surface area (Å²) < 4.78 is 34.8. The molecule has 1 aromatic rings. The second-order valence-electron chi connectivity index (χ2n) is 5.78. The molecule has 140 valence electrons. The van der Waals surface area contributed by atoms with Gasteiger partial charge in [0.25, 0.3) is 5.91 Å². The van der Waals surface area contributed by atoms with E-state index in [1.807, 2.05) is 0 Å². The molecule has 13 heteroatoms. The van der Waals surface area contributed by atoms with Gasteiger partial charge in [0.2, 0.25) is 0 Å². The zero-order valence-electron chi connectivity index (χ0n) is 13.4. The molecule has 2 unspecified atom stereocenters. The molecule has 2 bridgehead atoms. The first-order valence-electron chi connectivity index (χ1n) is 7.64. The van der Waals surface area contributed by atoms with Gasteiger partial charge in [-0.25, -0.2) is 14.8 Å². The van der Waals surface area contributed by atoms with Gasteiger partial charge in [0, 0.05) is 18.9 Å². The van der Waals surface area contributed by atoms with Crippen LogP contribution < -0.4 is 5.73 Å². The number of amides is 3. The van der Waals surface area contributed by atoms with E-state index in [0.29, 0.717) is 23.7 Å². The molecule has 1 aromatic heterocycles. The van der Waals surface area contributed by atoms with Crippen LogP contribution in [0.25, 0.3) is 0 Å². The number of aliphatic imine (C=N–C) groups is 1. The van der Waals surface area contributed by atoms with Gasteiger partial charge < -0.3 is 10.6 Å². The molecule has 3 amide bonds. The van der Waals surface area contributed by atoms with E-state index in [-0.39, 0.29) is 18.8 Å². The van der Waals surface area contributed by atoms with Crippen molar-refractivity contribution in [1.29, 1.82) is 0 Å². The lowest BCUT2D eigenvalue weighted by Gasteiger charge is -2.29. The van der Waals surface area contributed by atoms with E-state index in [9.17, 15) is 18.0 Å². The molecule has 0 spiro atoms. The van der Waals surface area contributed by atoms with Gasteiger partial charge in [-0.05, 0) is 18.9 Å². The minimum atomic E-state index is -4.82. The molecule has 26 heavy (non-hydrogen) atoms. The predicted molar refractivity (Wildman–Crippen MR) is 85.8 cm³/mol. The van der Waals surface area contributed by atoms with Gasteiger partial charge >= 0.3 is 16.4 Å². The number of carbonyl (C=O) groups is 2. The van der Waals surface area contributed by atoms with Crippen LogP contribution in [0.15, 0.2) is 23.5 Å². The fourth-order valence-electron chi connectivity index (χ4n) is 2.95. The van der Waals surface area contributed by atoms with Crippen LogP contribution in [0.2, 0.25) is 0 Å². The van der Waals surface area contributed by atoms with Crippen LogP contribution in [0, 0.1) is 0 Å². The maximum Gasteiger partial charge on any atom is 0.418 e. The largest absolute Gasteiger partial charge is 0.418 e. The lowest BCUT2D eigenvalue weighted by molar-refractivity contribution is -0.117. The minimum absolute atomic E-state index is 0.0635. The van der Waals surface area contributed by atoms with E-state index < -0.39 is 34.4 Å². The number of hydroxylamine groups is 2. The van der Waals surface area contributed by atoms with Crippen molar-refractivity contribution in [2.75, 3.05) is 6.54 Å². The second-order valence-corrected chi connectivity index (χ2v) is 6.79. The van der Waals surface area contributed by atoms with Gasteiger partial charge in [-0.3, -0.25) is 9.35 Å². The topological polar surface area (TPSA) is 168 Å². The number of nitrogens with zero attached hydrogens (tertiary/aromatic N) is 5. The fraction of sp³-hybridized carbons (Fsp3) is 0.462. The number of rotatable bonds is 5. The number of nitrogens with two attached hydrogens (primary N) is 1. The van der Waals surface area contributed by atoms with Crippen molar-refractivity contribution >= 4 is 28.2 Å². The first-order valence-corrected chi connectivity index (χ1v) is 9.01. The highest BCUT2D eigenvalue weighted by molar-refractivity contribution is 7.80. The molecule has 2 aliphatic rings. The summed E-state index contributed by atoms with van der Waals surface area (Å²) in [5, 5.41) is 0.599. The van der Waals surface area contributed by atoms with Gasteiger partial charge in [0.1, 0.15) is 11.7 Å². The Balaban J connectivity index is 1.70. The summed E-state index contributed by atoms with van der Waals surface area (Å²) in [6.45, 7) is 0.144. The summed E-state index contributed by atoms with van der Waals surface area (Å²) in [5.41, 5.74) is 5.89. The SMILES string of the molecule is NC(=NC(=O)Cc1ncccn1)C1CCC2CN1C(=O)N2OS(=O)(=O)O. The lowest BCUT2D eigenvalue weighted by atomic mass is 10.0. The average Bonchev–Trinajstić information content (AvgIpc) is 2.79. The van der Waals surface area contributed by atoms with E-state index in [1.165, 1.54) is 17.3 Å². The lowest BCUT2D eigenvalue weighted by Crippen LogP contribution is -2.48. The van der Waals surface area contributed by atoms with Crippen LogP contribution in [-0.2, 0) is 25.9 Å². The van der Waals surface area contributed by atoms with Crippen LogP contribution in [0.5, 0.6) is 0 Å². The third kappa shape index (κ3) is 3.95. The van der Waals surface area contributed by atoms with Crippen LogP contribution in [0.4, 0.5) is 4.79 Å². The molecule has 2 aliphatic heterocycles. The second kappa shape index (κ2) is 6.93. The van der Waals surface area contributed by atoms with Crippen LogP contribution in [0.3, 0.4) is 0 Å². The summed E-state index contributed by atoms with van der Waals surface area (Å²) >= 11 is 0. The van der Waals surface area contributed by atoms with Crippen molar-refractivity contribution in [3.63, 3.8) is 0 Å². The van der Waals surface area contributed by atoms with Crippen molar-refractivity contribution in [2.45, 2.75) is 31.3 Å². The maximum atomic E-state index is 12.3. The molecule has 2 fully saturated rings. The molecule has 2 saturated heterocycles. The van der Waals surface area contributed by atoms with E-state index in [2.05, 4.69) is 19.2 Å². The Kier molecular flexibility index (Phi) is 4.84. The number of urea groups is 1. The Labute approximate surface area is 148 Å². The standard InChI is InChI=1S/C13H16N6O6S/c14-12(17-11(20)6-10-15-4-1-5-16-10)9-3-2-8-7-18(9)13(21)19(8)25-26(22,23)24/h1,4-5,8-9H,2-3,6-7H2,(H2,14,17,20)(H,22,23,24). The predicted octanol–water partition coefficient (Wildman–Crippen LogP) is -1.09. The van der Waals surface area contributed by atoms with Crippen molar-refractivity contribution in [3.05, 3.63) is 24.3 Å². The summed E-state index contributed by atoms with van der Waals surface area (Å²) in [5.74, 6) is -0.331. The van der Waals surface area contributed by atoms with E-state index in [4.69, 9.17) is 10.3 Å². The smallest absolute Gasteiger partial charge is 0.385 e. The Morgan fingerprint density at radius 2 is 2.08 bits per heavy atom. The van der Waals surface area contributed by atoms with Crippen molar-refractivity contribution in [3.8, 4) is 0 Å². The zero-order valence-corrected chi connectivity index (χ0v) is 14.2. The van der Waals surface area contributed by atoms with Crippen molar-refractivity contribution < 1.29 is 26.8 Å². The van der Waals surface area contributed by atoms with Crippen molar-refractivity contribution in [1.82, 2.24) is 19.9 Å². The zero-order chi connectivity index (χ0) is 18.9. The molecule has 0 aliphatic carbocycles. The highest BCUT2D eigenvalue weighted by atomic mass is 32.3. The molecule has 3 heterocycles. The number of carbonyl (C=O) groups excluding carboxylic acids is 2. The number of piperidine rings is 1. The molecule has 2 atom stereocenters. The minimum Gasteiger partial charge on any atom is -0.385 e. The molecule has 3 rings (SSSR count). The Hall–Kier alpha value is -2.64. The highest BCUT2D eigenvalue weighted by Gasteiger charge is 2.48. The summed E-state index contributed by atoms with van der Waals surface area (Å²) in [7, 11) is -4.82. The van der Waals surface area contributed by atoms with Gasteiger partial charge in [-0.15, -0.1) is 4.28 Å². The number of aromatic nitrogens is 2. The first kappa shape index (κ1) is 18.2. The summed E-state index contributed by atoms with van der Waals surface area (Å²) in [6.07, 6.45) is 3.59. The number of hydrogen-bond donors (Lipinski definition) is 2. The van der Waals surface area contributed by atoms with Crippen LogP contribution >= 0.6 is 0 Å². The normalized spacial score (nSPS) is 23.4. The van der Waals surface area contributed by atoms with Gasteiger partial charge in [0.15, 0.2) is 0 Å². The monoisotopic (exact) mass is 384 g/mol.